The van der Waals surface area contributed by atoms with Crippen LogP contribution in [0.25, 0.3) is 0 Å². The molecule has 1 aromatic heterocycles. The van der Waals surface area contributed by atoms with E-state index in [-0.39, 0.29) is 67.4 Å². The van der Waals surface area contributed by atoms with Gasteiger partial charge in [0.05, 0.1) is 13.3 Å². The fourth-order valence-electron chi connectivity index (χ4n) is 8.22. The first-order valence-electron chi connectivity index (χ1n) is 21.3. The number of rotatable bonds is 18. The number of hydrogen-bond acceptors (Lipinski definition) is 11. The number of carbonyl (C=O) groups excluding carboxylic acids is 6. The van der Waals surface area contributed by atoms with Crippen molar-refractivity contribution >= 4 is 81.0 Å². The predicted molar refractivity (Wildman–Crippen MR) is 248 cm³/mol. The van der Waals surface area contributed by atoms with Crippen molar-refractivity contribution in [1.29, 1.82) is 0 Å². The van der Waals surface area contributed by atoms with Crippen molar-refractivity contribution in [1.82, 2.24) is 30.8 Å². The maximum absolute atomic E-state index is 13.3. The normalized spacial score (nSPS) is 16.8. The van der Waals surface area contributed by atoms with E-state index in [0.717, 1.165) is 22.0 Å². The summed E-state index contributed by atoms with van der Waals surface area (Å²) in [7, 11) is 3.32. The largest absolute Gasteiger partial charge is 0.496 e. The van der Waals surface area contributed by atoms with Gasteiger partial charge >= 0.3 is 0 Å². The number of ether oxygens (including phenoxy) is 1. The van der Waals surface area contributed by atoms with E-state index in [2.05, 4.69) is 47.1 Å². The minimum absolute atomic E-state index is 0. The Balaban J connectivity index is 0.00000680. The average Bonchev–Trinajstić information content (AvgIpc) is 3.61. The summed E-state index contributed by atoms with van der Waals surface area (Å²) in [5.41, 5.74) is 4.66. The number of fused-ring (bicyclic) bond motifs is 2. The lowest BCUT2D eigenvalue weighted by molar-refractivity contribution is -0.137. The van der Waals surface area contributed by atoms with E-state index >= 15 is 0 Å². The number of unbranched alkanes of at least 4 members (excludes halogenated alkanes) is 1. The molecule has 6 amide bonds. The van der Waals surface area contributed by atoms with E-state index in [1.807, 2.05) is 37.3 Å². The third-order valence-electron chi connectivity index (χ3n) is 11.7. The van der Waals surface area contributed by atoms with Gasteiger partial charge < -0.3 is 35.4 Å². The Morgan fingerprint density at radius 1 is 0.984 bits per heavy atom. The number of imide groups is 1. The monoisotopic (exact) mass is 957 g/mol. The van der Waals surface area contributed by atoms with E-state index < -0.39 is 11.9 Å². The van der Waals surface area contributed by atoms with Gasteiger partial charge in [-0.3, -0.25) is 34.1 Å². The highest BCUT2D eigenvalue weighted by atomic mass is 79.9. The molecule has 64 heavy (non-hydrogen) atoms. The van der Waals surface area contributed by atoms with Gasteiger partial charge in [-0.25, -0.2) is 9.97 Å². The number of carbonyl (C=O) groups is 6. The van der Waals surface area contributed by atoms with Crippen LogP contribution in [-0.2, 0) is 38.7 Å². The zero-order valence-electron chi connectivity index (χ0n) is 36.1. The van der Waals surface area contributed by atoms with Gasteiger partial charge in [0.1, 0.15) is 29.3 Å². The molecule has 18 heteroatoms. The molecule has 3 aliphatic heterocycles. The van der Waals surface area contributed by atoms with Crippen LogP contribution in [0.1, 0.15) is 95.1 Å². The number of nitrogens with one attached hydrogen (secondary N) is 4. The number of methoxy groups -OCH3 is 1. The van der Waals surface area contributed by atoms with Gasteiger partial charge in [0.25, 0.3) is 11.8 Å². The average molecular weight is 959 g/mol. The second-order valence-corrected chi connectivity index (χ2v) is 16.8. The van der Waals surface area contributed by atoms with E-state index in [1.165, 1.54) is 4.90 Å². The van der Waals surface area contributed by atoms with Gasteiger partial charge in [-0.15, -0.1) is 12.4 Å². The number of anilines is 3. The van der Waals surface area contributed by atoms with E-state index in [9.17, 15) is 28.8 Å². The number of hydrogen-bond donors (Lipinski definition) is 4. The molecule has 16 nitrogen and oxygen atoms in total. The van der Waals surface area contributed by atoms with Crippen LogP contribution in [0.2, 0.25) is 0 Å². The summed E-state index contributed by atoms with van der Waals surface area (Å²) in [5, 5.41) is 11.6. The SMILES string of the molecule is CC[C@@H]1C(=O)N(C)c2cnc(Cc3ccc(C(=O)NCCCNCCCCC(=O)Nc4cccc5c4CN(C4CCC(=O)NC4=O)C5=O)cc3OC)nc2N1Cc1ccc(Br)cc1.Cl. The quantitative estimate of drug-likeness (QED) is 0.0747. The van der Waals surface area contributed by atoms with Crippen LogP contribution < -0.4 is 35.8 Å². The molecule has 0 radical (unpaired) electrons. The molecule has 3 aromatic carbocycles. The van der Waals surface area contributed by atoms with Gasteiger partial charge in [0, 0.05) is 78.4 Å². The molecule has 0 bridgehead atoms. The maximum Gasteiger partial charge on any atom is 0.255 e. The zero-order chi connectivity index (χ0) is 44.6. The van der Waals surface area contributed by atoms with Crippen molar-refractivity contribution in [2.75, 3.05) is 48.9 Å². The Hall–Kier alpha value is -5.91. The summed E-state index contributed by atoms with van der Waals surface area (Å²) < 4.78 is 6.69. The lowest BCUT2D eigenvalue weighted by Gasteiger charge is -2.40. The minimum Gasteiger partial charge on any atom is -0.496 e. The minimum atomic E-state index is -0.721. The number of amides is 6. The lowest BCUT2D eigenvalue weighted by Crippen LogP contribution is -2.52. The number of likely N-dealkylation sites (N-methyl/N-ethyl adjacent to an activating group) is 1. The van der Waals surface area contributed by atoms with Crippen molar-refractivity contribution in [3.05, 3.63) is 105 Å². The Kier molecular flexibility index (Phi) is 16.1. The standard InChI is InChI=1S/C46H52BrN9O7.ClH/c1-4-35-46(62)54(2)37-25-50-39(52-42(37)55(35)26-28-12-16-31(47)17-13-28)24-29-14-15-30(23-38(29)63-3)43(59)49-22-8-21-48-20-6-5-11-40(57)51-34-10-7-9-32-33(34)27-56(45(32)61)36-18-19-41(58)53-44(36)60;/h7,9-10,12-17,23,25,35-36,48H,4-6,8,11,18-22,24,26-27H2,1-3H3,(H,49,59)(H,51,57)(H,53,58,60);1H/t35-,36?;/m1./s1. The Bertz CT molecular complexity index is 2400. The topological polar surface area (TPSA) is 195 Å². The zero-order valence-corrected chi connectivity index (χ0v) is 38.5. The summed E-state index contributed by atoms with van der Waals surface area (Å²) in [6.45, 7) is 4.57. The summed E-state index contributed by atoms with van der Waals surface area (Å²) in [6.07, 6.45) is 5.58. The van der Waals surface area contributed by atoms with Crippen LogP contribution in [-0.4, -0.2) is 96.2 Å². The molecule has 4 heterocycles. The smallest absolute Gasteiger partial charge is 0.255 e. The van der Waals surface area contributed by atoms with Gasteiger partial charge in [0.2, 0.25) is 23.6 Å². The molecule has 7 rings (SSSR count). The molecule has 0 saturated carbocycles. The molecular formula is C46H53BrClN9O7. The van der Waals surface area contributed by atoms with E-state index in [0.29, 0.717) is 104 Å². The number of halogens is 2. The van der Waals surface area contributed by atoms with E-state index in [4.69, 9.17) is 9.72 Å². The highest BCUT2D eigenvalue weighted by molar-refractivity contribution is 9.10. The number of nitrogens with zero attached hydrogens (tertiary/aromatic N) is 5. The van der Waals surface area contributed by atoms with Gasteiger partial charge in [-0.05, 0) is 87.2 Å². The van der Waals surface area contributed by atoms with Crippen molar-refractivity contribution in [3.63, 3.8) is 0 Å². The number of aromatic nitrogens is 2. The molecule has 0 spiro atoms. The highest BCUT2D eigenvalue weighted by Crippen LogP contribution is 2.36. The fraction of sp³-hybridized carbons (Fsp3) is 0.391. The summed E-state index contributed by atoms with van der Waals surface area (Å²) in [5.74, 6) is 0.323. The molecule has 1 unspecified atom stereocenters. The van der Waals surface area contributed by atoms with Crippen LogP contribution in [0.4, 0.5) is 17.2 Å². The first kappa shape index (κ1) is 47.6. The summed E-state index contributed by atoms with van der Waals surface area (Å²) in [4.78, 5) is 91.1. The Morgan fingerprint density at radius 2 is 1.77 bits per heavy atom. The number of benzene rings is 3. The second-order valence-electron chi connectivity index (χ2n) is 15.9. The van der Waals surface area contributed by atoms with Crippen molar-refractivity contribution < 1.29 is 33.5 Å². The van der Waals surface area contributed by atoms with Crippen LogP contribution in [0.3, 0.4) is 0 Å². The Labute approximate surface area is 386 Å². The summed E-state index contributed by atoms with van der Waals surface area (Å²) in [6, 6.07) is 17.4. The molecule has 1 saturated heterocycles. The van der Waals surface area contributed by atoms with Crippen molar-refractivity contribution in [2.24, 2.45) is 0 Å². The predicted octanol–water partition coefficient (Wildman–Crippen LogP) is 5.30. The van der Waals surface area contributed by atoms with Crippen LogP contribution >= 0.6 is 28.3 Å². The molecule has 0 aliphatic carbocycles. The third-order valence-corrected chi connectivity index (χ3v) is 12.2. The van der Waals surface area contributed by atoms with Crippen LogP contribution in [0.15, 0.2) is 71.3 Å². The maximum atomic E-state index is 13.3. The first-order valence-corrected chi connectivity index (χ1v) is 22.1. The fourth-order valence-corrected chi connectivity index (χ4v) is 8.48. The van der Waals surface area contributed by atoms with E-state index in [1.54, 1.807) is 55.6 Å². The Morgan fingerprint density at radius 3 is 2.52 bits per heavy atom. The first-order chi connectivity index (χ1) is 30.4. The number of piperidine rings is 1. The van der Waals surface area contributed by atoms with Crippen molar-refractivity contribution in [3.8, 4) is 5.75 Å². The second kappa shape index (κ2) is 21.6. The molecular weight excluding hydrogens is 906 g/mol. The lowest BCUT2D eigenvalue weighted by atomic mass is 10.0. The van der Waals surface area contributed by atoms with Gasteiger partial charge in [-0.1, -0.05) is 47.1 Å². The van der Waals surface area contributed by atoms with Crippen molar-refractivity contribution in [2.45, 2.75) is 83.5 Å². The van der Waals surface area contributed by atoms with Crippen LogP contribution in [0, 0.1) is 0 Å². The van der Waals surface area contributed by atoms with Gasteiger partial charge in [-0.2, -0.15) is 0 Å². The molecule has 4 N–H and O–H groups in total. The summed E-state index contributed by atoms with van der Waals surface area (Å²) >= 11 is 3.50. The molecule has 4 aromatic rings. The molecule has 2 atom stereocenters. The molecule has 1 fully saturated rings. The van der Waals surface area contributed by atoms with Gasteiger partial charge in [0.15, 0.2) is 5.82 Å². The molecule has 3 aliphatic rings. The van der Waals surface area contributed by atoms with Crippen LogP contribution in [0.5, 0.6) is 5.75 Å². The highest BCUT2D eigenvalue weighted by Gasteiger charge is 2.40. The molecule has 338 valence electrons. The third kappa shape index (κ3) is 10.9.